The normalized spacial score (nSPS) is 12.9. The van der Waals surface area contributed by atoms with E-state index in [0.29, 0.717) is 0 Å². The Balaban J connectivity index is 1.14. The number of benzene rings is 9. The van der Waals surface area contributed by atoms with Crippen LogP contribution in [0.25, 0.3) is 77.2 Å². The molecule has 0 atom stereocenters. The number of nitrogens with zero attached hydrogens (tertiary/aromatic N) is 1. The summed E-state index contributed by atoms with van der Waals surface area (Å²) in [6.07, 6.45) is 0. The van der Waals surface area contributed by atoms with E-state index in [2.05, 4.69) is 207 Å². The molecule has 1 heterocycles. The monoisotopic (exact) mass is 729 g/mol. The molecule has 0 fully saturated rings. The SMILES string of the molecule is CC1(C)c2ccccc2-c2c(-c3ccccc3N(c3cccc(-c4ccc5c(c4)oc4ccccc45)c3)c3ccccc3-c3ccc4ccccc4c3)cccc21. The summed E-state index contributed by atoms with van der Waals surface area (Å²) in [6.45, 7) is 4.71. The van der Waals surface area contributed by atoms with Crippen molar-refractivity contribution in [2.75, 3.05) is 4.90 Å². The number of para-hydroxylation sites is 3. The number of fused-ring (bicyclic) bond motifs is 7. The minimum absolute atomic E-state index is 0.103. The van der Waals surface area contributed by atoms with Gasteiger partial charge in [0.05, 0.1) is 11.4 Å². The highest BCUT2D eigenvalue weighted by Crippen LogP contribution is 2.54. The fourth-order valence-electron chi connectivity index (χ4n) is 9.28. The molecule has 10 aromatic rings. The van der Waals surface area contributed by atoms with Crippen LogP contribution in [0.4, 0.5) is 17.1 Å². The van der Waals surface area contributed by atoms with Crippen LogP contribution < -0.4 is 4.90 Å². The molecule has 270 valence electrons. The van der Waals surface area contributed by atoms with Crippen molar-refractivity contribution in [2.24, 2.45) is 0 Å². The smallest absolute Gasteiger partial charge is 0.136 e. The summed E-state index contributed by atoms with van der Waals surface area (Å²) in [7, 11) is 0. The standard InChI is InChI=1S/C55H39NO/c1-55(2)48-24-9-5-22-47(48)54-46(23-14-25-49(54)55)43-20-7-11-27-51(43)56(50-26-10-6-19-42(50)40-30-29-36-15-3-4-16-37(36)33-40)41-18-13-17-38(34-41)39-31-32-45-44-21-8-12-28-52(44)57-53(45)35-39/h3-35H,1-2H3. The molecule has 1 aromatic heterocycles. The molecule has 2 nitrogen and oxygen atoms in total. The maximum Gasteiger partial charge on any atom is 0.136 e. The average Bonchev–Trinajstić information content (AvgIpc) is 3.75. The predicted octanol–water partition coefficient (Wildman–Crippen LogP) is 15.5. The lowest BCUT2D eigenvalue weighted by atomic mass is 9.82. The van der Waals surface area contributed by atoms with Crippen molar-refractivity contribution < 1.29 is 4.42 Å². The van der Waals surface area contributed by atoms with Crippen LogP contribution in [-0.2, 0) is 5.41 Å². The molecular weight excluding hydrogens is 691 g/mol. The van der Waals surface area contributed by atoms with E-state index in [1.165, 1.54) is 49.7 Å². The molecule has 0 amide bonds. The molecule has 0 bridgehead atoms. The van der Waals surface area contributed by atoms with Crippen molar-refractivity contribution in [3.8, 4) is 44.5 Å². The van der Waals surface area contributed by atoms with Gasteiger partial charge in [0.15, 0.2) is 0 Å². The minimum atomic E-state index is -0.103. The highest BCUT2D eigenvalue weighted by atomic mass is 16.3. The van der Waals surface area contributed by atoms with Crippen LogP contribution in [0.5, 0.6) is 0 Å². The molecule has 2 heteroatoms. The van der Waals surface area contributed by atoms with Crippen LogP contribution in [0, 0.1) is 0 Å². The second kappa shape index (κ2) is 13.0. The maximum absolute atomic E-state index is 6.36. The Morgan fingerprint density at radius 1 is 0.386 bits per heavy atom. The summed E-state index contributed by atoms with van der Waals surface area (Å²) in [4.78, 5) is 2.47. The largest absolute Gasteiger partial charge is 0.456 e. The summed E-state index contributed by atoms with van der Waals surface area (Å²) in [5, 5.41) is 4.72. The lowest BCUT2D eigenvalue weighted by molar-refractivity contribution is 0.660. The number of anilines is 3. The summed E-state index contributed by atoms with van der Waals surface area (Å²) >= 11 is 0. The zero-order valence-corrected chi connectivity index (χ0v) is 31.9. The Morgan fingerprint density at radius 3 is 1.88 bits per heavy atom. The molecule has 0 saturated heterocycles. The molecule has 11 rings (SSSR count). The molecule has 0 unspecified atom stereocenters. The fraction of sp³-hybridized carbons (Fsp3) is 0.0545. The van der Waals surface area contributed by atoms with Crippen molar-refractivity contribution in [1.29, 1.82) is 0 Å². The zero-order chi connectivity index (χ0) is 38.1. The average molecular weight is 730 g/mol. The number of furan rings is 1. The van der Waals surface area contributed by atoms with E-state index < -0.39 is 0 Å². The summed E-state index contributed by atoms with van der Waals surface area (Å²) < 4.78 is 6.36. The third kappa shape index (κ3) is 5.33. The van der Waals surface area contributed by atoms with Crippen molar-refractivity contribution in [3.63, 3.8) is 0 Å². The van der Waals surface area contributed by atoms with Gasteiger partial charge < -0.3 is 9.32 Å². The summed E-state index contributed by atoms with van der Waals surface area (Å²) in [6, 6.07) is 72.8. The predicted molar refractivity (Wildman–Crippen MR) is 240 cm³/mol. The third-order valence-electron chi connectivity index (χ3n) is 12.1. The first-order valence-electron chi connectivity index (χ1n) is 19.8. The molecule has 0 spiro atoms. The van der Waals surface area contributed by atoms with Crippen LogP contribution in [0.3, 0.4) is 0 Å². The van der Waals surface area contributed by atoms with Crippen molar-refractivity contribution in [2.45, 2.75) is 19.3 Å². The Labute approximate surface area is 332 Å². The van der Waals surface area contributed by atoms with Gasteiger partial charge in [-0.2, -0.15) is 0 Å². The highest BCUT2D eigenvalue weighted by Gasteiger charge is 2.37. The molecule has 0 saturated carbocycles. The molecule has 0 aliphatic heterocycles. The highest BCUT2D eigenvalue weighted by molar-refractivity contribution is 6.06. The number of rotatable bonds is 6. The van der Waals surface area contributed by atoms with Gasteiger partial charge in [0, 0.05) is 33.0 Å². The first kappa shape index (κ1) is 33.2. The molecule has 57 heavy (non-hydrogen) atoms. The lowest BCUT2D eigenvalue weighted by Crippen LogP contribution is -2.15. The van der Waals surface area contributed by atoms with Gasteiger partial charge >= 0.3 is 0 Å². The van der Waals surface area contributed by atoms with Gasteiger partial charge in [0.2, 0.25) is 0 Å². The Hall–Kier alpha value is -7.16. The van der Waals surface area contributed by atoms with E-state index in [1.54, 1.807) is 0 Å². The van der Waals surface area contributed by atoms with Crippen molar-refractivity contribution in [1.82, 2.24) is 0 Å². The Bertz CT molecular complexity index is 3180. The van der Waals surface area contributed by atoms with Gasteiger partial charge in [-0.05, 0) is 104 Å². The van der Waals surface area contributed by atoms with Crippen LogP contribution >= 0.6 is 0 Å². The topological polar surface area (TPSA) is 16.4 Å². The van der Waals surface area contributed by atoms with E-state index in [9.17, 15) is 0 Å². The van der Waals surface area contributed by atoms with Gasteiger partial charge in [-0.15, -0.1) is 0 Å². The molecule has 1 aliphatic carbocycles. The van der Waals surface area contributed by atoms with Crippen LogP contribution in [0.1, 0.15) is 25.0 Å². The molecule has 0 radical (unpaired) electrons. The fourth-order valence-corrected chi connectivity index (χ4v) is 9.28. The second-order valence-corrected chi connectivity index (χ2v) is 15.7. The lowest BCUT2D eigenvalue weighted by Gasteiger charge is -2.31. The van der Waals surface area contributed by atoms with Crippen molar-refractivity contribution in [3.05, 3.63) is 211 Å². The summed E-state index contributed by atoms with van der Waals surface area (Å²) in [5.41, 5.74) is 17.4. The van der Waals surface area contributed by atoms with Gasteiger partial charge in [0.25, 0.3) is 0 Å². The van der Waals surface area contributed by atoms with Gasteiger partial charge in [-0.3, -0.25) is 0 Å². The molecule has 9 aromatic carbocycles. The minimum Gasteiger partial charge on any atom is -0.456 e. The first-order valence-corrected chi connectivity index (χ1v) is 19.8. The van der Waals surface area contributed by atoms with Crippen molar-refractivity contribution >= 4 is 49.8 Å². The van der Waals surface area contributed by atoms with E-state index >= 15 is 0 Å². The molecule has 0 N–H and O–H groups in total. The van der Waals surface area contributed by atoms with Crippen LogP contribution in [0.15, 0.2) is 205 Å². The first-order chi connectivity index (χ1) is 28.0. The number of hydrogen-bond acceptors (Lipinski definition) is 2. The van der Waals surface area contributed by atoms with E-state index in [4.69, 9.17) is 4.42 Å². The molecular formula is C55H39NO. The number of hydrogen-bond donors (Lipinski definition) is 0. The Kier molecular flexibility index (Phi) is 7.55. The van der Waals surface area contributed by atoms with E-state index in [0.717, 1.165) is 55.7 Å². The maximum atomic E-state index is 6.36. The zero-order valence-electron chi connectivity index (χ0n) is 31.9. The Morgan fingerprint density at radius 2 is 1.00 bits per heavy atom. The second-order valence-electron chi connectivity index (χ2n) is 15.7. The summed E-state index contributed by atoms with van der Waals surface area (Å²) in [5.74, 6) is 0. The van der Waals surface area contributed by atoms with E-state index in [1.807, 2.05) is 12.1 Å². The van der Waals surface area contributed by atoms with Crippen LogP contribution in [0.2, 0.25) is 0 Å². The quantitative estimate of drug-likeness (QED) is 0.169. The van der Waals surface area contributed by atoms with Gasteiger partial charge in [-0.1, -0.05) is 166 Å². The van der Waals surface area contributed by atoms with Gasteiger partial charge in [0.1, 0.15) is 11.2 Å². The van der Waals surface area contributed by atoms with Gasteiger partial charge in [-0.25, -0.2) is 0 Å². The van der Waals surface area contributed by atoms with Crippen LogP contribution in [-0.4, -0.2) is 0 Å². The third-order valence-corrected chi connectivity index (χ3v) is 12.1. The van der Waals surface area contributed by atoms with E-state index in [-0.39, 0.29) is 5.41 Å². The molecule has 1 aliphatic rings.